The summed E-state index contributed by atoms with van der Waals surface area (Å²) in [7, 11) is 0. The summed E-state index contributed by atoms with van der Waals surface area (Å²) in [6, 6.07) is 9.86. The number of aryl methyl sites for hydroxylation is 1. The fraction of sp³-hybridized carbons (Fsp3) is 0.292. The minimum absolute atomic E-state index is 0.0981. The maximum Gasteiger partial charge on any atom is 0.297 e. The molecule has 1 aromatic heterocycles. The number of benzene rings is 2. The van der Waals surface area contributed by atoms with E-state index in [4.69, 9.17) is 0 Å². The molecular formula is C24H23FN4O3. The molecule has 2 aliphatic rings. The molecule has 32 heavy (non-hydrogen) atoms. The Kier molecular flexibility index (Phi) is 4.73. The minimum Gasteiger partial charge on any atom is -0.505 e. The molecule has 2 aromatic carbocycles. The molecule has 8 heteroatoms. The lowest BCUT2D eigenvalue weighted by molar-refractivity contribution is 0.0951. The molecule has 0 saturated heterocycles. The van der Waals surface area contributed by atoms with Gasteiger partial charge in [0, 0.05) is 29.6 Å². The largest absolute Gasteiger partial charge is 0.505 e. The van der Waals surface area contributed by atoms with E-state index >= 15 is 0 Å². The number of aromatic hydroxyl groups is 1. The Morgan fingerprint density at radius 1 is 1.25 bits per heavy atom. The first-order valence-corrected chi connectivity index (χ1v) is 10.6. The SMILES string of the molecule is Cc1ccc(C(=O)NC2CC2)cc1-n1ccnc(NC2(c3cccc(F)c3O)CC2)c1=O. The Labute approximate surface area is 183 Å². The summed E-state index contributed by atoms with van der Waals surface area (Å²) in [4.78, 5) is 30.0. The van der Waals surface area contributed by atoms with E-state index < -0.39 is 22.7 Å². The van der Waals surface area contributed by atoms with Gasteiger partial charge < -0.3 is 15.7 Å². The van der Waals surface area contributed by atoms with Crippen molar-refractivity contribution < 1.29 is 14.3 Å². The quantitative estimate of drug-likeness (QED) is 0.553. The third-order valence-electron chi connectivity index (χ3n) is 6.09. The molecule has 164 valence electrons. The fourth-order valence-corrected chi connectivity index (χ4v) is 3.91. The summed E-state index contributed by atoms with van der Waals surface area (Å²) in [5.74, 6) is -1.18. The van der Waals surface area contributed by atoms with Crippen LogP contribution in [-0.4, -0.2) is 26.6 Å². The van der Waals surface area contributed by atoms with Crippen molar-refractivity contribution in [1.29, 1.82) is 0 Å². The van der Waals surface area contributed by atoms with Crippen molar-refractivity contribution in [3.63, 3.8) is 0 Å². The zero-order valence-corrected chi connectivity index (χ0v) is 17.6. The summed E-state index contributed by atoms with van der Waals surface area (Å²) in [6.07, 6.45) is 6.31. The van der Waals surface area contributed by atoms with Crippen molar-refractivity contribution >= 4 is 11.7 Å². The van der Waals surface area contributed by atoms with E-state index in [1.54, 1.807) is 24.4 Å². The number of hydrogen-bond donors (Lipinski definition) is 3. The zero-order valence-electron chi connectivity index (χ0n) is 17.6. The number of phenols is 1. The minimum atomic E-state index is -0.738. The summed E-state index contributed by atoms with van der Waals surface area (Å²) >= 11 is 0. The van der Waals surface area contributed by atoms with Crippen LogP contribution in [0.1, 0.15) is 47.2 Å². The smallest absolute Gasteiger partial charge is 0.297 e. The van der Waals surface area contributed by atoms with Crippen LogP contribution < -0.4 is 16.2 Å². The van der Waals surface area contributed by atoms with E-state index in [1.165, 1.54) is 22.9 Å². The van der Waals surface area contributed by atoms with Crippen LogP contribution in [0.4, 0.5) is 10.2 Å². The molecule has 5 rings (SSSR count). The topological polar surface area (TPSA) is 96.2 Å². The zero-order chi connectivity index (χ0) is 22.5. The second-order valence-corrected chi connectivity index (χ2v) is 8.54. The van der Waals surface area contributed by atoms with Gasteiger partial charge in [-0.2, -0.15) is 0 Å². The van der Waals surface area contributed by atoms with Gasteiger partial charge in [0.1, 0.15) is 0 Å². The van der Waals surface area contributed by atoms with Crippen LogP contribution in [0.5, 0.6) is 5.75 Å². The number of carbonyl (C=O) groups excluding carboxylic acids is 1. The highest BCUT2D eigenvalue weighted by molar-refractivity contribution is 5.95. The molecule has 3 N–H and O–H groups in total. The number of anilines is 1. The van der Waals surface area contributed by atoms with Gasteiger partial charge in [-0.15, -0.1) is 0 Å². The van der Waals surface area contributed by atoms with Crippen LogP contribution in [0, 0.1) is 12.7 Å². The highest BCUT2D eigenvalue weighted by Crippen LogP contribution is 2.51. The van der Waals surface area contributed by atoms with Gasteiger partial charge in [0.05, 0.1) is 11.2 Å². The summed E-state index contributed by atoms with van der Waals surface area (Å²) in [5.41, 5.74) is 1.18. The number of nitrogens with zero attached hydrogens (tertiary/aromatic N) is 2. The Morgan fingerprint density at radius 2 is 2.03 bits per heavy atom. The molecule has 0 aliphatic heterocycles. The maximum atomic E-state index is 13.9. The molecule has 7 nitrogen and oxygen atoms in total. The number of phenolic OH excluding ortho intramolecular Hbond substituents is 1. The van der Waals surface area contributed by atoms with E-state index in [2.05, 4.69) is 15.6 Å². The van der Waals surface area contributed by atoms with Crippen LogP contribution in [0.25, 0.3) is 5.69 Å². The molecule has 1 heterocycles. The van der Waals surface area contributed by atoms with Crippen molar-refractivity contribution in [2.24, 2.45) is 0 Å². The fourth-order valence-electron chi connectivity index (χ4n) is 3.91. The number of halogens is 1. The molecule has 2 fully saturated rings. The summed E-state index contributed by atoms with van der Waals surface area (Å²) in [5, 5.41) is 16.3. The van der Waals surface area contributed by atoms with Gasteiger partial charge in [-0.3, -0.25) is 14.2 Å². The van der Waals surface area contributed by atoms with Gasteiger partial charge in [0.2, 0.25) is 0 Å². The number of carbonyl (C=O) groups is 1. The Bertz CT molecular complexity index is 1280. The first-order chi connectivity index (χ1) is 15.4. The van der Waals surface area contributed by atoms with E-state index in [9.17, 15) is 19.1 Å². The van der Waals surface area contributed by atoms with Crippen molar-refractivity contribution in [2.45, 2.75) is 44.2 Å². The second-order valence-electron chi connectivity index (χ2n) is 8.54. The molecular weight excluding hydrogens is 411 g/mol. The first kappa shape index (κ1) is 20.2. The molecule has 0 radical (unpaired) electrons. The Balaban J connectivity index is 1.49. The molecule has 2 saturated carbocycles. The Morgan fingerprint density at radius 3 is 2.75 bits per heavy atom. The number of amides is 1. The molecule has 3 aromatic rings. The van der Waals surface area contributed by atoms with Crippen LogP contribution in [0.2, 0.25) is 0 Å². The predicted octanol–water partition coefficient (Wildman–Crippen LogP) is 3.38. The number of rotatable bonds is 6. The third kappa shape index (κ3) is 3.62. The highest BCUT2D eigenvalue weighted by Gasteiger charge is 2.47. The lowest BCUT2D eigenvalue weighted by Gasteiger charge is -2.20. The van der Waals surface area contributed by atoms with Crippen molar-refractivity contribution in [3.8, 4) is 11.4 Å². The average molecular weight is 434 g/mol. The van der Waals surface area contributed by atoms with E-state index in [0.717, 1.165) is 18.4 Å². The molecule has 0 bridgehead atoms. The number of aromatic nitrogens is 2. The summed E-state index contributed by atoms with van der Waals surface area (Å²) < 4.78 is 15.3. The maximum absolute atomic E-state index is 13.9. The van der Waals surface area contributed by atoms with E-state index in [1.807, 2.05) is 13.0 Å². The van der Waals surface area contributed by atoms with E-state index in [0.29, 0.717) is 29.7 Å². The summed E-state index contributed by atoms with van der Waals surface area (Å²) in [6.45, 7) is 1.87. The van der Waals surface area contributed by atoms with Gasteiger partial charge in [-0.25, -0.2) is 9.37 Å². The van der Waals surface area contributed by atoms with Crippen LogP contribution in [0.15, 0.2) is 53.6 Å². The lowest BCUT2D eigenvalue weighted by Crippen LogP contribution is -2.29. The van der Waals surface area contributed by atoms with Crippen molar-refractivity contribution in [2.75, 3.05) is 5.32 Å². The monoisotopic (exact) mass is 434 g/mol. The van der Waals surface area contributed by atoms with Crippen molar-refractivity contribution in [1.82, 2.24) is 14.9 Å². The lowest BCUT2D eigenvalue weighted by atomic mass is 10.0. The molecule has 0 spiro atoms. The van der Waals surface area contributed by atoms with Crippen LogP contribution in [0.3, 0.4) is 0 Å². The number of nitrogens with one attached hydrogen (secondary N) is 2. The van der Waals surface area contributed by atoms with Crippen LogP contribution in [-0.2, 0) is 5.54 Å². The third-order valence-corrected chi connectivity index (χ3v) is 6.09. The highest BCUT2D eigenvalue weighted by atomic mass is 19.1. The first-order valence-electron chi connectivity index (χ1n) is 10.6. The van der Waals surface area contributed by atoms with Gasteiger partial charge in [-0.1, -0.05) is 18.2 Å². The normalized spacial score (nSPS) is 16.4. The van der Waals surface area contributed by atoms with Gasteiger partial charge >= 0.3 is 0 Å². The van der Waals surface area contributed by atoms with Crippen LogP contribution >= 0.6 is 0 Å². The molecule has 1 amide bonds. The molecule has 2 aliphatic carbocycles. The average Bonchev–Trinajstić information content (AvgIpc) is 3.70. The van der Waals surface area contributed by atoms with E-state index in [-0.39, 0.29) is 17.8 Å². The Hall–Kier alpha value is -3.68. The molecule has 0 atom stereocenters. The van der Waals surface area contributed by atoms with Gasteiger partial charge in [0.25, 0.3) is 11.5 Å². The number of para-hydroxylation sites is 1. The van der Waals surface area contributed by atoms with Crippen molar-refractivity contribution in [3.05, 3.63) is 81.7 Å². The van der Waals surface area contributed by atoms with Gasteiger partial charge in [0.15, 0.2) is 17.4 Å². The van der Waals surface area contributed by atoms with Gasteiger partial charge in [-0.05, 0) is 56.4 Å². The molecule has 0 unspecified atom stereocenters. The second kappa shape index (κ2) is 7.47. The standard InChI is InChI=1S/C24H23FN4O3/c1-14-5-6-15(22(31)27-16-7-8-16)13-19(14)29-12-11-26-21(23(29)32)28-24(9-10-24)17-3-2-4-18(25)20(17)30/h2-6,11-13,16,30H,7-10H2,1H3,(H,26,28)(H,27,31). The number of hydrogen-bond acceptors (Lipinski definition) is 5. The predicted molar refractivity (Wildman–Crippen MR) is 118 cm³/mol.